The largest absolute Gasteiger partial charge is 0.509 e. The third-order valence-electron chi connectivity index (χ3n) is 15.3. The van der Waals surface area contributed by atoms with Gasteiger partial charge in [-0.05, 0) is 103 Å². The summed E-state index contributed by atoms with van der Waals surface area (Å²) >= 11 is 0. The number of benzene rings is 9. The van der Waals surface area contributed by atoms with Crippen molar-refractivity contribution in [3.05, 3.63) is 271 Å². The zero-order valence-electron chi connectivity index (χ0n) is 44.0. The second kappa shape index (κ2) is 19.9. The molecule has 0 saturated carbocycles. The van der Waals surface area contributed by atoms with Crippen LogP contribution in [0.3, 0.4) is 0 Å². The third-order valence-corrected chi connectivity index (χ3v) is 15.3. The Hall–Kier alpha value is -7.98. The van der Waals surface area contributed by atoms with Crippen molar-refractivity contribution >= 4 is 44.6 Å². The Kier molecular flexibility index (Phi) is 13.2. The summed E-state index contributed by atoms with van der Waals surface area (Å²) < 4.78 is 9.06. The molecule has 1 aliphatic heterocycles. The molecule has 0 radical (unpaired) electrons. The van der Waals surface area contributed by atoms with E-state index in [-0.39, 0.29) is 37.3 Å². The van der Waals surface area contributed by atoms with Crippen molar-refractivity contribution in [3.63, 3.8) is 0 Å². The minimum atomic E-state index is -0.279. The molecule has 11 aromatic rings. The molecule has 0 aliphatic carbocycles. The summed E-state index contributed by atoms with van der Waals surface area (Å²) in [5, 5.41) is 2.19. The van der Waals surface area contributed by atoms with Crippen LogP contribution in [0, 0.1) is 18.8 Å². The molecule has 0 unspecified atom stereocenters. The molecule has 2 aromatic heterocycles. The van der Waals surface area contributed by atoms with Gasteiger partial charge in [0.15, 0.2) is 0 Å². The first-order valence-corrected chi connectivity index (χ1v) is 25.9. The van der Waals surface area contributed by atoms with Crippen LogP contribution in [0.1, 0.15) is 76.3 Å². The van der Waals surface area contributed by atoms with Crippen LogP contribution in [0.15, 0.2) is 225 Å². The van der Waals surface area contributed by atoms with Crippen molar-refractivity contribution in [1.82, 2.24) is 9.55 Å². The summed E-state index contributed by atoms with van der Waals surface area (Å²) in [6.07, 6.45) is 1.91. The van der Waals surface area contributed by atoms with Gasteiger partial charge in [-0.15, -0.1) is 48.1 Å². The fourth-order valence-corrected chi connectivity index (χ4v) is 10.7. The SMILES string of the molecule is CC(C)(C)c1ccnc(-n2c3[c-]c(Oc4[c-]c(N5[CH-]N(c6cc(-c7ccccc7)cc(C(C)(C)c7ccccc7)c6)c6ccc(C(C)(C)c7ccccc7)cc65)ccc4)ccc3c3cc(-c4ccccc4)ccc32)c1.[Pt]. The Morgan fingerprint density at radius 1 is 0.434 bits per heavy atom. The van der Waals surface area contributed by atoms with Gasteiger partial charge in [0, 0.05) is 72.2 Å². The van der Waals surface area contributed by atoms with E-state index in [1.807, 2.05) is 24.4 Å². The average Bonchev–Trinajstić information content (AvgIpc) is 4.07. The average molecular weight is 1170 g/mol. The van der Waals surface area contributed by atoms with Crippen LogP contribution in [-0.4, -0.2) is 9.55 Å². The van der Waals surface area contributed by atoms with Crippen LogP contribution in [0.2, 0.25) is 0 Å². The smallest absolute Gasteiger partial charge is 0.135 e. The minimum Gasteiger partial charge on any atom is -0.509 e. The van der Waals surface area contributed by atoms with Gasteiger partial charge in [0.1, 0.15) is 5.82 Å². The van der Waals surface area contributed by atoms with E-state index in [4.69, 9.17) is 9.72 Å². The van der Waals surface area contributed by atoms with Crippen molar-refractivity contribution in [3.8, 4) is 39.6 Å². The topological polar surface area (TPSA) is 33.5 Å². The Morgan fingerprint density at radius 3 is 1.74 bits per heavy atom. The number of fused-ring (bicyclic) bond motifs is 4. The van der Waals surface area contributed by atoms with Gasteiger partial charge in [-0.25, -0.2) is 4.98 Å². The summed E-state index contributed by atoms with van der Waals surface area (Å²) in [5.74, 6) is 2.00. The maximum atomic E-state index is 6.84. The van der Waals surface area contributed by atoms with E-state index in [1.54, 1.807) is 0 Å². The van der Waals surface area contributed by atoms with Crippen molar-refractivity contribution in [2.24, 2.45) is 0 Å². The van der Waals surface area contributed by atoms with E-state index >= 15 is 0 Å². The molecule has 0 fully saturated rings. The molecule has 0 saturated heterocycles. The van der Waals surface area contributed by atoms with Gasteiger partial charge in [-0.3, -0.25) is 0 Å². The minimum absolute atomic E-state index is 0. The molecule has 76 heavy (non-hydrogen) atoms. The third kappa shape index (κ3) is 9.32. The molecule has 0 amide bonds. The molecule has 0 spiro atoms. The molecule has 378 valence electrons. The number of rotatable bonds is 11. The summed E-state index contributed by atoms with van der Waals surface area (Å²) in [5.41, 5.74) is 16.2. The quantitative estimate of drug-likeness (QED) is 0.121. The van der Waals surface area contributed by atoms with Gasteiger partial charge in [0.25, 0.3) is 0 Å². The predicted molar refractivity (Wildman–Crippen MR) is 311 cm³/mol. The van der Waals surface area contributed by atoms with Crippen molar-refractivity contribution in [1.29, 1.82) is 0 Å². The van der Waals surface area contributed by atoms with E-state index in [0.717, 1.165) is 61.5 Å². The maximum absolute atomic E-state index is 6.84. The van der Waals surface area contributed by atoms with Crippen LogP contribution in [0.4, 0.5) is 22.7 Å². The fourth-order valence-electron chi connectivity index (χ4n) is 10.7. The van der Waals surface area contributed by atoms with E-state index in [2.05, 4.69) is 282 Å². The summed E-state index contributed by atoms with van der Waals surface area (Å²) in [6.45, 7) is 18.2. The molecular formula is C70H59N4OPt-3. The molecule has 3 heterocycles. The zero-order valence-corrected chi connectivity index (χ0v) is 46.2. The van der Waals surface area contributed by atoms with Crippen LogP contribution >= 0.6 is 0 Å². The number of anilines is 4. The van der Waals surface area contributed by atoms with Crippen molar-refractivity contribution in [2.45, 2.75) is 64.7 Å². The predicted octanol–water partition coefficient (Wildman–Crippen LogP) is 18.3. The van der Waals surface area contributed by atoms with Gasteiger partial charge < -0.3 is 19.1 Å². The van der Waals surface area contributed by atoms with Gasteiger partial charge in [0.2, 0.25) is 0 Å². The van der Waals surface area contributed by atoms with Gasteiger partial charge in [-0.1, -0.05) is 200 Å². The Morgan fingerprint density at radius 2 is 1.07 bits per heavy atom. The van der Waals surface area contributed by atoms with E-state index in [1.165, 1.54) is 38.9 Å². The monoisotopic (exact) mass is 1170 g/mol. The number of aromatic nitrogens is 2. The second-order valence-corrected chi connectivity index (χ2v) is 21.8. The fraction of sp³-hybridized carbons (Fsp3) is 0.143. The molecule has 9 aromatic carbocycles. The summed E-state index contributed by atoms with van der Waals surface area (Å²) in [4.78, 5) is 9.55. The Bertz CT molecular complexity index is 3880. The molecule has 0 atom stereocenters. The van der Waals surface area contributed by atoms with E-state index in [9.17, 15) is 0 Å². The molecule has 0 bridgehead atoms. The van der Waals surface area contributed by atoms with Crippen molar-refractivity contribution < 1.29 is 25.8 Å². The molecule has 5 nitrogen and oxygen atoms in total. The first-order valence-electron chi connectivity index (χ1n) is 25.9. The molecular weight excluding hydrogens is 1110 g/mol. The Balaban J connectivity index is 0.00000616. The molecule has 12 rings (SSSR count). The summed E-state index contributed by atoms with van der Waals surface area (Å²) in [7, 11) is 0. The number of hydrogen-bond acceptors (Lipinski definition) is 4. The van der Waals surface area contributed by atoms with Gasteiger partial charge in [0.05, 0.1) is 0 Å². The standard InChI is InChI=1S/C70H59N4O.Pt/c1-68(2,3)54-37-38-71-67(44-54)74-63-35-31-50(48-21-12-8-13-22-48)41-62(63)61-34-33-60(46-65(61)74)75-59-30-20-29-57(45-59)72-47-73(64-36-32-55(43-66(64)72)69(4,5)52-25-16-10-17-26-52)58-40-51(49-23-14-9-15-24-49)39-56(42-58)70(6,7)53-27-18-11-19-28-53;/h8-44,47H,1-7H3;/q-3;. The van der Waals surface area contributed by atoms with Gasteiger partial charge in [-0.2, -0.15) is 12.1 Å². The van der Waals surface area contributed by atoms with Crippen molar-refractivity contribution in [2.75, 3.05) is 9.80 Å². The zero-order chi connectivity index (χ0) is 51.5. The van der Waals surface area contributed by atoms with Crippen LogP contribution in [0.25, 0.3) is 49.9 Å². The van der Waals surface area contributed by atoms with Gasteiger partial charge >= 0.3 is 0 Å². The molecule has 6 heteroatoms. The van der Waals surface area contributed by atoms with E-state index in [0.29, 0.717) is 11.5 Å². The molecule has 0 N–H and O–H groups in total. The first kappa shape index (κ1) is 50.2. The number of nitrogens with zero attached hydrogens (tertiary/aromatic N) is 4. The number of ether oxygens (including phenoxy) is 1. The van der Waals surface area contributed by atoms with Crippen LogP contribution in [0.5, 0.6) is 11.5 Å². The van der Waals surface area contributed by atoms with Crippen LogP contribution < -0.4 is 14.5 Å². The Labute approximate surface area is 462 Å². The first-order chi connectivity index (χ1) is 36.3. The normalized spacial score (nSPS) is 12.7. The van der Waals surface area contributed by atoms with Crippen LogP contribution in [-0.2, 0) is 37.3 Å². The summed E-state index contributed by atoms with van der Waals surface area (Å²) in [6, 6.07) is 85.5. The second-order valence-electron chi connectivity index (χ2n) is 21.8. The van der Waals surface area contributed by atoms with E-state index < -0.39 is 0 Å². The molecule has 1 aliphatic rings. The number of hydrogen-bond donors (Lipinski definition) is 0. The number of pyridine rings is 1. The maximum Gasteiger partial charge on any atom is 0.135 e.